The first-order valence-corrected chi connectivity index (χ1v) is 7.40. The molecule has 0 amide bonds. The first-order chi connectivity index (χ1) is 11.2. The Balaban J connectivity index is 1.77. The first kappa shape index (κ1) is 14.8. The molecule has 3 aromatic rings. The molecule has 5 heteroatoms. The summed E-state index contributed by atoms with van der Waals surface area (Å²) in [6, 6.07) is 12.7. The lowest BCUT2D eigenvalue weighted by Crippen LogP contribution is -1.96. The van der Waals surface area contributed by atoms with Gasteiger partial charge in [-0.3, -0.25) is 5.43 Å². The van der Waals surface area contributed by atoms with Crippen molar-refractivity contribution < 1.29 is 9.90 Å². The highest BCUT2D eigenvalue weighted by Gasteiger charge is 2.04. The number of hydrogen-bond donors (Lipinski definition) is 3. The van der Waals surface area contributed by atoms with Crippen LogP contribution in [0.15, 0.2) is 53.8 Å². The lowest BCUT2D eigenvalue weighted by atomic mass is 10.1. The second kappa shape index (κ2) is 6.36. The minimum absolute atomic E-state index is 0.253. The van der Waals surface area contributed by atoms with Gasteiger partial charge in [0.1, 0.15) is 0 Å². The normalized spacial score (nSPS) is 11.2. The largest absolute Gasteiger partial charge is 0.478 e. The van der Waals surface area contributed by atoms with Gasteiger partial charge in [-0.25, -0.2) is 4.79 Å². The standard InChI is InChI=1S/C18H17N3O2/c1-2-12-4-3-5-16-14(10-19-17(12)16)11-20-21-15-8-6-13(7-9-15)18(22)23/h3-11,19,21H,2H2,1H3,(H,22,23). The number of hydrazone groups is 1. The van der Waals surface area contributed by atoms with E-state index in [4.69, 9.17) is 5.11 Å². The smallest absolute Gasteiger partial charge is 0.335 e. The molecular formula is C18H17N3O2. The van der Waals surface area contributed by atoms with Crippen LogP contribution in [0.1, 0.15) is 28.4 Å². The van der Waals surface area contributed by atoms with Crippen molar-refractivity contribution in [2.45, 2.75) is 13.3 Å². The predicted molar refractivity (Wildman–Crippen MR) is 92.3 cm³/mol. The van der Waals surface area contributed by atoms with Crippen LogP contribution >= 0.6 is 0 Å². The molecule has 0 bridgehead atoms. The number of benzene rings is 2. The zero-order chi connectivity index (χ0) is 16.2. The van der Waals surface area contributed by atoms with E-state index in [9.17, 15) is 4.79 Å². The molecule has 0 aliphatic heterocycles. The number of aryl methyl sites for hydroxylation is 1. The van der Waals surface area contributed by atoms with Gasteiger partial charge in [0.25, 0.3) is 0 Å². The highest BCUT2D eigenvalue weighted by molar-refractivity contribution is 6.00. The molecular weight excluding hydrogens is 290 g/mol. The van der Waals surface area contributed by atoms with E-state index in [0.717, 1.165) is 28.6 Å². The Labute approximate surface area is 133 Å². The van der Waals surface area contributed by atoms with Crippen molar-refractivity contribution >= 4 is 28.8 Å². The van der Waals surface area contributed by atoms with Gasteiger partial charge >= 0.3 is 5.97 Å². The molecule has 5 nitrogen and oxygen atoms in total. The number of H-pyrrole nitrogens is 1. The number of carboxylic acid groups (broad SMARTS) is 1. The van der Waals surface area contributed by atoms with Gasteiger partial charge in [0, 0.05) is 22.7 Å². The van der Waals surface area contributed by atoms with Crippen LogP contribution in [0.4, 0.5) is 5.69 Å². The lowest BCUT2D eigenvalue weighted by Gasteiger charge is -2.01. The van der Waals surface area contributed by atoms with Crippen LogP contribution < -0.4 is 5.43 Å². The van der Waals surface area contributed by atoms with Gasteiger partial charge in [-0.05, 0) is 36.2 Å². The summed E-state index contributed by atoms with van der Waals surface area (Å²) < 4.78 is 0. The van der Waals surface area contributed by atoms with Gasteiger partial charge in [-0.1, -0.05) is 25.1 Å². The summed E-state index contributed by atoms with van der Waals surface area (Å²) in [6.07, 6.45) is 4.66. The predicted octanol–water partition coefficient (Wildman–Crippen LogP) is 3.87. The summed E-state index contributed by atoms with van der Waals surface area (Å²) in [4.78, 5) is 14.1. The molecule has 0 radical (unpaired) electrons. The summed E-state index contributed by atoms with van der Waals surface area (Å²) >= 11 is 0. The molecule has 3 N–H and O–H groups in total. The van der Waals surface area contributed by atoms with Crippen molar-refractivity contribution in [2.75, 3.05) is 5.43 Å². The van der Waals surface area contributed by atoms with Gasteiger partial charge in [0.15, 0.2) is 0 Å². The number of hydrogen-bond acceptors (Lipinski definition) is 3. The molecule has 0 fully saturated rings. The fourth-order valence-electron chi connectivity index (χ4n) is 2.50. The highest BCUT2D eigenvalue weighted by atomic mass is 16.4. The Morgan fingerprint density at radius 1 is 1.26 bits per heavy atom. The maximum Gasteiger partial charge on any atom is 0.335 e. The molecule has 0 saturated carbocycles. The van der Waals surface area contributed by atoms with Gasteiger partial charge in [-0.15, -0.1) is 0 Å². The van der Waals surface area contributed by atoms with Gasteiger partial charge < -0.3 is 10.1 Å². The maximum atomic E-state index is 10.8. The number of carbonyl (C=O) groups is 1. The third kappa shape index (κ3) is 3.08. The number of para-hydroxylation sites is 1. The topological polar surface area (TPSA) is 77.5 Å². The summed E-state index contributed by atoms with van der Waals surface area (Å²) in [5.41, 5.74) is 7.32. The van der Waals surface area contributed by atoms with E-state index in [1.807, 2.05) is 12.3 Å². The molecule has 3 rings (SSSR count). The van der Waals surface area contributed by atoms with Crippen molar-refractivity contribution in [3.05, 3.63) is 65.4 Å². The van der Waals surface area contributed by atoms with Crippen LogP contribution in [0.5, 0.6) is 0 Å². The average Bonchev–Trinajstić information content (AvgIpc) is 2.98. The second-order valence-electron chi connectivity index (χ2n) is 5.19. The van der Waals surface area contributed by atoms with Gasteiger partial charge in [-0.2, -0.15) is 5.10 Å². The molecule has 0 atom stereocenters. The molecule has 0 saturated heterocycles. The van der Waals surface area contributed by atoms with E-state index in [0.29, 0.717) is 0 Å². The minimum Gasteiger partial charge on any atom is -0.478 e. The quantitative estimate of drug-likeness (QED) is 0.494. The van der Waals surface area contributed by atoms with E-state index in [-0.39, 0.29) is 5.56 Å². The third-order valence-corrected chi connectivity index (χ3v) is 3.74. The Morgan fingerprint density at radius 2 is 2.04 bits per heavy atom. The number of aromatic nitrogens is 1. The minimum atomic E-state index is -0.939. The lowest BCUT2D eigenvalue weighted by molar-refractivity contribution is 0.0697. The van der Waals surface area contributed by atoms with E-state index in [2.05, 4.69) is 34.6 Å². The fourth-order valence-corrected chi connectivity index (χ4v) is 2.50. The third-order valence-electron chi connectivity index (χ3n) is 3.74. The summed E-state index contributed by atoms with van der Waals surface area (Å²) in [5, 5.41) is 14.2. The Kier molecular flexibility index (Phi) is 4.10. The molecule has 1 heterocycles. The van der Waals surface area contributed by atoms with Gasteiger partial charge in [0.2, 0.25) is 0 Å². The van der Waals surface area contributed by atoms with Crippen LogP contribution in [0.2, 0.25) is 0 Å². The summed E-state index contributed by atoms with van der Waals surface area (Å²) in [5.74, 6) is -0.939. The van der Waals surface area contributed by atoms with E-state index in [1.54, 1.807) is 30.5 Å². The number of nitrogens with zero attached hydrogens (tertiary/aromatic N) is 1. The zero-order valence-electron chi connectivity index (χ0n) is 12.7. The molecule has 23 heavy (non-hydrogen) atoms. The van der Waals surface area contributed by atoms with E-state index < -0.39 is 5.97 Å². The Morgan fingerprint density at radius 3 is 2.74 bits per heavy atom. The molecule has 0 spiro atoms. The summed E-state index contributed by atoms with van der Waals surface area (Å²) in [7, 11) is 0. The van der Waals surface area contributed by atoms with Crippen molar-refractivity contribution in [1.29, 1.82) is 0 Å². The monoisotopic (exact) mass is 307 g/mol. The first-order valence-electron chi connectivity index (χ1n) is 7.40. The molecule has 2 aromatic carbocycles. The molecule has 116 valence electrons. The Bertz CT molecular complexity index is 864. The number of rotatable bonds is 5. The average molecular weight is 307 g/mol. The second-order valence-corrected chi connectivity index (χ2v) is 5.19. The number of aromatic carboxylic acids is 1. The van der Waals surface area contributed by atoms with Crippen LogP contribution in [0, 0.1) is 0 Å². The van der Waals surface area contributed by atoms with Crippen LogP contribution in [0.3, 0.4) is 0 Å². The number of aromatic amines is 1. The Hall–Kier alpha value is -3.08. The molecule has 1 aromatic heterocycles. The molecule has 0 unspecified atom stereocenters. The number of fused-ring (bicyclic) bond motifs is 1. The van der Waals surface area contributed by atoms with Crippen molar-refractivity contribution in [1.82, 2.24) is 4.98 Å². The molecule has 0 aliphatic carbocycles. The van der Waals surface area contributed by atoms with Crippen molar-refractivity contribution in [2.24, 2.45) is 5.10 Å². The SMILES string of the molecule is CCc1cccc2c(C=NNc3ccc(C(=O)O)cc3)c[nH]c12. The number of nitrogens with one attached hydrogen (secondary N) is 2. The highest BCUT2D eigenvalue weighted by Crippen LogP contribution is 2.21. The number of carboxylic acids is 1. The summed E-state index contributed by atoms with van der Waals surface area (Å²) in [6.45, 7) is 2.13. The van der Waals surface area contributed by atoms with Crippen LogP contribution in [-0.4, -0.2) is 22.3 Å². The van der Waals surface area contributed by atoms with Crippen molar-refractivity contribution in [3.63, 3.8) is 0 Å². The van der Waals surface area contributed by atoms with E-state index in [1.165, 1.54) is 5.56 Å². The van der Waals surface area contributed by atoms with Gasteiger partial charge in [0.05, 0.1) is 17.5 Å². The number of anilines is 1. The van der Waals surface area contributed by atoms with E-state index >= 15 is 0 Å². The van der Waals surface area contributed by atoms with Crippen LogP contribution in [-0.2, 0) is 6.42 Å². The maximum absolute atomic E-state index is 10.8. The zero-order valence-corrected chi connectivity index (χ0v) is 12.7. The fraction of sp³-hybridized carbons (Fsp3) is 0.111. The van der Waals surface area contributed by atoms with Crippen molar-refractivity contribution in [3.8, 4) is 0 Å². The van der Waals surface area contributed by atoms with Crippen LogP contribution in [0.25, 0.3) is 10.9 Å². The molecule has 0 aliphatic rings.